The summed E-state index contributed by atoms with van der Waals surface area (Å²) in [4.78, 5) is 4.41. The van der Waals surface area contributed by atoms with E-state index in [0.717, 1.165) is 18.7 Å². The average Bonchev–Trinajstić information content (AvgIpc) is 2.48. The lowest BCUT2D eigenvalue weighted by Gasteiger charge is -2.12. The molecule has 2 aromatic carbocycles. The number of hydrogen-bond acceptors (Lipinski definition) is 1. The molecule has 0 radical (unpaired) electrons. The Morgan fingerprint density at radius 1 is 0.789 bits per heavy atom. The van der Waals surface area contributed by atoms with Gasteiger partial charge in [-0.3, -0.25) is 4.99 Å². The molecule has 2 aromatic rings. The molecule has 0 spiro atoms. The van der Waals surface area contributed by atoms with Gasteiger partial charge in [0.05, 0.1) is 0 Å². The minimum absolute atomic E-state index is 0.915. The van der Waals surface area contributed by atoms with E-state index in [2.05, 4.69) is 66.5 Å². The lowest BCUT2D eigenvalue weighted by Crippen LogP contribution is -2.00. The largest absolute Gasteiger partial charge is 0.290 e. The Kier molecular flexibility index (Phi) is 3.28. The summed E-state index contributed by atoms with van der Waals surface area (Å²) >= 11 is 0. The molecule has 0 bridgehead atoms. The molecule has 0 saturated carbocycles. The Hall–Kier alpha value is -2.15. The lowest BCUT2D eigenvalue weighted by atomic mass is 9.97. The molecule has 0 atom stereocenters. The van der Waals surface area contributed by atoms with Crippen LogP contribution in [0.2, 0.25) is 0 Å². The fourth-order valence-corrected chi connectivity index (χ4v) is 2.46. The molecular formula is C18H17N. The van der Waals surface area contributed by atoms with Crippen LogP contribution < -0.4 is 0 Å². The van der Waals surface area contributed by atoms with Crippen molar-refractivity contribution in [2.75, 3.05) is 6.54 Å². The lowest BCUT2D eigenvalue weighted by molar-refractivity contribution is 1.01. The fraction of sp³-hybridized carbons (Fsp3) is 0.167. The van der Waals surface area contributed by atoms with Crippen molar-refractivity contribution in [2.24, 2.45) is 4.99 Å². The van der Waals surface area contributed by atoms with Crippen LogP contribution >= 0.6 is 0 Å². The Morgan fingerprint density at radius 2 is 1.42 bits per heavy atom. The van der Waals surface area contributed by atoms with E-state index in [4.69, 9.17) is 0 Å². The standard InChI is InChI=1S/C18H17N/c1-14-13-18(11-12-19-14)17-9-7-16(8-10-17)15-5-3-2-4-6-15/h2-10,13H,11-12H2,1H3. The molecule has 94 valence electrons. The first kappa shape index (κ1) is 11.9. The maximum absolute atomic E-state index is 4.41. The molecule has 1 heterocycles. The van der Waals surface area contributed by atoms with Crippen molar-refractivity contribution in [3.8, 4) is 11.1 Å². The molecule has 3 rings (SSSR count). The Balaban J connectivity index is 1.90. The predicted molar refractivity (Wildman–Crippen MR) is 82.4 cm³/mol. The van der Waals surface area contributed by atoms with Crippen molar-refractivity contribution < 1.29 is 0 Å². The Morgan fingerprint density at radius 3 is 2.11 bits per heavy atom. The van der Waals surface area contributed by atoms with E-state index in [1.807, 2.05) is 6.07 Å². The molecule has 1 aliphatic rings. The molecule has 0 amide bonds. The molecule has 0 fully saturated rings. The monoisotopic (exact) mass is 247 g/mol. The van der Waals surface area contributed by atoms with Crippen LogP contribution in [0, 0.1) is 0 Å². The van der Waals surface area contributed by atoms with Crippen molar-refractivity contribution in [1.29, 1.82) is 0 Å². The number of dihydropyridines is 1. The van der Waals surface area contributed by atoms with E-state index in [1.165, 1.54) is 22.3 Å². The smallest absolute Gasteiger partial charge is 0.0433 e. The van der Waals surface area contributed by atoms with Crippen molar-refractivity contribution in [3.63, 3.8) is 0 Å². The quantitative estimate of drug-likeness (QED) is 0.735. The number of allylic oxidation sites excluding steroid dienone is 1. The number of nitrogens with zero attached hydrogens (tertiary/aromatic N) is 1. The summed E-state index contributed by atoms with van der Waals surface area (Å²) in [5, 5.41) is 0. The second kappa shape index (κ2) is 5.23. The van der Waals surface area contributed by atoms with Crippen molar-refractivity contribution in [3.05, 3.63) is 66.2 Å². The SMILES string of the molecule is CC1=NCCC(c2ccc(-c3ccccc3)cc2)=C1. The van der Waals surface area contributed by atoms with Gasteiger partial charge in [-0.15, -0.1) is 0 Å². The molecule has 0 aliphatic carbocycles. The zero-order valence-corrected chi connectivity index (χ0v) is 11.1. The van der Waals surface area contributed by atoms with E-state index in [1.54, 1.807) is 0 Å². The molecular weight excluding hydrogens is 230 g/mol. The van der Waals surface area contributed by atoms with Crippen LogP contribution in [0.5, 0.6) is 0 Å². The second-order valence-electron chi connectivity index (χ2n) is 4.89. The van der Waals surface area contributed by atoms with Gasteiger partial charge >= 0.3 is 0 Å². The van der Waals surface area contributed by atoms with Gasteiger partial charge in [0.2, 0.25) is 0 Å². The summed E-state index contributed by atoms with van der Waals surface area (Å²) in [6.45, 7) is 2.98. The first-order chi connectivity index (χ1) is 9.33. The third-order valence-electron chi connectivity index (χ3n) is 3.49. The highest BCUT2D eigenvalue weighted by Gasteiger charge is 2.06. The van der Waals surface area contributed by atoms with Gasteiger partial charge in [-0.05, 0) is 41.7 Å². The highest BCUT2D eigenvalue weighted by Crippen LogP contribution is 2.25. The van der Waals surface area contributed by atoms with Crippen LogP contribution in [-0.4, -0.2) is 12.3 Å². The fourth-order valence-electron chi connectivity index (χ4n) is 2.46. The number of benzene rings is 2. The second-order valence-corrected chi connectivity index (χ2v) is 4.89. The molecule has 0 N–H and O–H groups in total. The summed E-state index contributed by atoms with van der Waals surface area (Å²) in [7, 11) is 0. The van der Waals surface area contributed by atoms with Gasteiger partial charge in [0.15, 0.2) is 0 Å². The van der Waals surface area contributed by atoms with Gasteiger partial charge in [0.25, 0.3) is 0 Å². The molecule has 0 unspecified atom stereocenters. The van der Waals surface area contributed by atoms with Crippen LogP contribution in [0.3, 0.4) is 0 Å². The minimum atomic E-state index is 0.915. The number of rotatable bonds is 2. The Labute approximate surface area is 114 Å². The van der Waals surface area contributed by atoms with Gasteiger partial charge in [-0.25, -0.2) is 0 Å². The summed E-state index contributed by atoms with van der Waals surface area (Å²) in [5.41, 5.74) is 6.38. The topological polar surface area (TPSA) is 12.4 Å². The van der Waals surface area contributed by atoms with Gasteiger partial charge < -0.3 is 0 Å². The van der Waals surface area contributed by atoms with Gasteiger partial charge in [-0.2, -0.15) is 0 Å². The normalized spacial score (nSPS) is 14.8. The highest BCUT2D eigenvalue weighted by molar-refractivity contribution is 6.00. The van der Waals surface area contributed by atoms with E-state index in [0.29, 0.717) is 0 Å². The first-order valence-corrected chi connectivity index (χ1v) is 6.70. The average molecular weight is 247 g/mol. The van der Waals surface area contributed by atoms with Gasteiger partial charge in [-0.1, -0.05) is 54.6 Å². The summed E-state index contributed by atoms with van der Waals surface area (Å²) in [5.74, 6) is 0. The molecule has 19 heavy (non-hydrogen) atoms. The minimum Gasteiger partial charge on any atom is -0.290 e. The molecule has 1 aliphatic heterocycles. The van der Waals surface area contributed by atoms with Gasteiger partial charge in [0.1, 0.15) is 0 Å². The maximum Gasteiger partial charge on any atom is 0.0433 e. The van der Waals surface area contributed by atoms with Crippen LogP contribution in [0.25, 0.3) is 16.7 Å². The number of hydrogen-bond donors (Lipinski definition) is 0. The molecule has 0 aromatic heterocycles. The zero-order chi connectivity index (χ0) is 13.1. The van der Waals surface area contributed by atoms with Gasteiger partial charge in [0, 0.05) is 12.3 Å². The van der Waals surface area contributed by atoms with Crippen LogP contribution in [0.1, 0.15) is 18.9 Å². The predicted octanol–water partition coefficient (Wildman–Crippen LogP) is 4.60. The number of aliphatic imine (C=N–C) groups is 1. The summed E-state index contributed by atoms with van der Waals surface area (Å²) in [6.07, 6.45) is 3.24. The zero-order valence-electron chi connectivity index (χ0n) is 11.1. The Bertz CT molecular complexity index is 618. The summed E-state index contributed by atoms with van der Waals surface area (Å²) in [6, 6.07) is 19.3. The highest BCUT2D eigenvalue weighted by atomic mass is 14.7. The van der Waals surface area contributed by atoms with Crippen LogP contribution in [-0.2, 0) is 0 Å². The molecule has 1 heteroatoms. The summed E-state index contributed by atoms with van der Waals surface area (Å²) < 4.78 is 0. The van der Waals surface area contributed by atoms with E-state index in [9.17, 15) is 0 Å². The van der Waals surface area contributed by atoms with Crippen molar-refractivity contribution in [2.45, 2.75) is 13.3 Å². The van der Waals surface area contributed by atoms with Crippen molar-refractivity contribution in [1.82, 2.24) is 0 Å². The molecule has 1 nitrogen and oxygen atoms in total. The van der Waals surface area contributed by atoms with Crippen LogP contribution in [0.4, 0.5) is 0 Å². The third kappa shape index (κ3) is 2.65. The van der Waals surface area contributed by atoms with Crippen molar-refractivity contribution >= 4 is 11.3 Å². The first-order valence-electron chi connectivity index (χ1n) is 6.70. The van der Waals surface area contributed by atoms with Crippen LogP contribution in [0.15, 0.2) is 65.7 Å². The van der Waals surface area contributed by atoms with E-state index >= 15 is 0 Å². The maximum atomic E-state index is 4.41. The van der Waals surface area contributed by atoms with E-state index < -0.39 is 0 Å². The molecule has 0 saturated heterocycles. The third-order valence-corrected chi connectivity index (χ3v) is 3.49. The van der Waals surface area contributed by atoms with E-state index in [-0.39, 0.29) is 0 Å².